The predicted octanol–water partition coefficient (Wildman–Crippen LogP) is 0.513. The van der Waals surface area contributed by atoms with Crippen LogP contribution >= 0.6 is 0 Å². The summed E-state index contributed by atoms with van der Waals surface area (Å²) in [4.78, 5) is 12.4. The molecular formula is C9H15F3N2O2. The van der Waals surface area contributed by atoms with E-state index in [1.54, 1.807) is 6.92 Å². The molecule has 2 N–H and O–H groups in total. The number of ether oxygens (including phenoxy) is 1. The van der Waals surface area contributed by atoms with Crippen molar-refractivity contribution in [1.82, 2.24) is 4.90 Å². The topological polar surface area (TPSA) is 55.6 Å². The van der Waals surface area contributed by atoms with Crippen LogP contribution in [0.3, 0.4) is 0 Å². The molecule has 2 unspecified atom stereocenters. The van der Waals surface area contributed by atoms with Crippen LogP contribution in [0.1, 0.15) is 13.3 Å². The maximum Gasteiger partial charge on any atom is 0.397 e. The number of carbonyl (C=O) groups is 1. The lowest BCUT2D eigenvalue weighted by molar-refractivity contribution is -0.166. The first-order chi connectivity index (χ1) is 7.29. The number of halogens is 3. The molecule has 1 aliphatic heterocycles. The Morgan fingerprint density at radius 2 is 2.25 bits per heavy atom. The molecule has 0 aliphatic carbocycles. The first kappa shape index (κ1) is 13.2. The lowest BCUT2D eigenvalue weighted by atomic mass is 10.1. The van der Waals surface area contributed by atoms with Crippen LogP contribution in [0.15, 0.2) is 0 Å². The Hall–Kier alpha value is -0.820. The third-order valence-electron chi connectivity index (χ3n) is 2.38. The van der Waals surface area contributed by atoms with Gasteiger partial charge in [-0.2, -0.15) is 13.2 Å². The summed E-state index contributed by atoms with van der Waals surface area (Å²) < 4.78 is 41.3. The van der Waals surface area contributed by atoms with Crippen LogP contribution in [0.4, 0.5) is 13.2 Å². The second-order valence-corrected chi connectivity index (χ2v) is 3.90. The summed E-state index contributed by atoms with van der Waals surface area (Å²) in [6.07, 6.45) is -6.26. The Kier molecular flexibility index (Phi) is 4.15. The highest BCUT2D eigenvalue weighted by atomic mass is 19.4. The largest absolute Gasteiger partial charge is 0.397 e. The van der Waals surface area contributed by atoms with Crippen molar-refractivity contribution in [1.29, 1.82) is 0 Å². The van der Waals surface area contributed by atoms with Gasteiger partial charge in [0.25, 0.3) is 0 Å². The summed E-state index contributed by atoms with van der Waals surface area (Å²) in [6, 6.07) is -0.304. The Morgan fingerprint density at radius 3 is 2.75 bits per heavy atom. The molecule has 0 radical (unpaired) electrons. The fourth-order valence-electron chi connectivity index (χ4n) is 1.50. The summed E-state index contributed by atoms with van der Waals surface area (Å²) in [5.74, 6) is -0.915. The van der Waals surface area contributed by atoms with Gasteiger partial charge < -0.3 is 15.4 Å². The van der Waals surface area contributed by atoms with Crippen LogP contribution in [0.25, 0.3) is 0 Å². The normalized spacial score (nSPS) is 24.3. The van der Waals surface area contributed by atoms with Crippen molar-refractivity contribution in [3.63, 3.8) is 0 Å². The van der Waals surface area contributed by atoms with E-state index in [1.165, 1.54) is 0 Å². The smallest absolute Gasteiger partial charge is 0.373 e. The molecule has 0 aromatic rings. The van der Waals surface area contributed by atoms with Gasteiger partial charge in [0, 0.05) is 19.1 Å². The van der Waals surface area contributed by atoms with Crippen LogP contribution in [-0.2, 0) is 9.53 Å². The third-order valence-corrected chi connectivity index (χ3v) is 2.38. The molecule has 4 nitrogen and oxygen atoms in total. The summed E-state index contributed by atoms with van der Waals surface area (Å²) in [6.45, 7) is 2.25. The van der Waals surface area contributed by atoms with Crippen molar-refractivity contribution < 1.29 is 22.7 Å². The van der Waals surface area contributed by atoms with Gasteiger partial charge >= 0.3 is 6.18 Å². The van der Waals surface area contributed by atoms with E-state index in [0.29, 0.717) is 0 Å². The maximum absolute atomic E-state index is 12.0. The van der Waals surface area contributed by atoms with Gasteiger partial charge in [-0.15, -0.1) is 0 Å². The highest BCUT2D eigenvalue weighted by Gasteiger charge is 2.35. The van der Waals surface area contributed by atoms with E-state index in [1.807, 2.05) is 0 Å². The number of hydrogen-bond acceptors (Lipinski definition) is 3. The fraction of sp³-hybridized carbons (Fsp3) is 0.889. The van der Waals surface area contributed by atoms with E-state index in [2.05, 4.69) is 0 Å². The number of amides is 1. The molecule has 0 aromatic carbocycles. The standard InChI is InChI=1S/C9H15F3N2O2/c1-6(13)7-5-14(2-3-16-7)8(15)4-9(10,11)12/h6-7H,2-5,13H2,1H3. The Morgan fingerprint density at radius 1 is 1.62 bits per heavy atom. The Balaban J connectivity index is 2.50. The van der Waals surface area contributed by atoms with Crippen molar-refractivity contribution in [2.45, 2.75) is 31.7 Å². The van der Waals surface area contributed by atoms with E-state index >= 15 is 0 Å². The van der Waals surface area contributed by atoms with Gasteiger partial charge in [0.15, 0.2) is 0 Å². The molecule has 0 saturated carbocycles. The molecule has 7 heteroatoms. The monoisotopic (exact) mass is 240 g/mol. The molecule has 1 heterocycles. The SMILES string of the molecule is CC(N)C1CN(C(=O)CC(F)(F)F)CCO1. The minimum atomic E-state index is -4.46. The van der Waals surface area contributed by atoms with Crippen molar-refractivity contribution in [2.75, 3.05) is 19.7 Å². The second kappa shape index (κ2) is 5.01. The number of nitrogens with two attached hydrogens (primary N) is 1. The zero-order chi connectivity index (χ0) is 12.3. The number of morpholine rings is 1. The van der Waals surface area contributed by atoms with E-state index in [0.717, 1.165) is 4.90 Å². The average molecular weight is 240 g/mol. The van der Waals surface area contributed by atoms with Crippen LogP contribution < -0.4 is 5.73 Å². The van der Waals surface area contributed by atoms with Crippen molar-refractivity contribution in [2.24, 2.45) is 5.73 Å². The number of carbonyl (C=O) groups excluding carboxylic acids is 1. The number of hydrogen-bond donors (Lipinski definition) is 1. The van der Waals surface area contributed by atoms with E-state index in [-0.39, 0.29) is 31.8 Å². The summed E-state index contributed by atoms with van der Waals surface area (Å²) in [7, 11) is 0. The van der Waals surface area contributed by atoms with Crippen molar-refractivity contribution in [3.8, 4) is 0 Å². The number of alkyl halides is 3. The quantitative estimate of drug-likeness (QED) is 0.765. The maximum atomic E-state index is 12.0. The molecule has 94 valence electrons. The van der Waals surface area contributed by atoms with Gasteiger partial charge in [-0.05, 0) is 6.92 Å². The molecule has 2 atom stereocenters. The lowest BCUT2D eigenvalue weighted by Gasteiger charge is -2.34. The van der Waals surface area contributed by atoms with E-state index < -0.39 is 18.5 Å². The average Bonchev–Trinajstić information content (AvgIpc) is 2.15. The third kappa shape index (κ3) is 3.97. The molecule has 16 heavy (non-hydrogen) atoms. The fourth-order valence-corrected chi connectivity index (χ4v) is 1.50. The first-order valence-electron chi connectivity index (χ1n) is 5.01. The molecule has 1 fully saturated rings. The number of rotatable bonds is 2. The van der Waals surface area contributed by atoms with E-state index in [4.69, 9.17) is 10.5 Å². The molecule has 1 aliphatic rings. The summed E-state index contributed by atoms with van der Waals surface area (Å²) in [5, 5.41) is 0. The lowest BCUT2D eigenvalue weighted by Crippen LogP contribution is -2.51. The predicted molar refractivity (Wildman–Crippen MR) is 50.6 cm³/mol. The molecule has 0 bridgehead atoms. The Bertz CT molecular complexity index is 256. The van der Waals surface area contributed by atoms with Crippen LogP contribution in [0, 0.1) is 0 Å². The van der Waals surface area contributed by atoms with Crippen molar-refractivity contribution >= 4 is 5.91 Å². The first-order valence-corrected chi connectivity index (χ1v) is 5.01. The number of nitrogens with zero attached hydrogens (tertiary/aromatic N) is 1. The molecule has 0 aromatic heterocycles. The highest BCUT2D eigenvalue weighted by molar-refractivity contribution is 5.77. The van der Waals surface area contributed by atoms with Gasteiger partial charge in [-0.3, -0.25) is 4.79 Å². The zero-order valence-corrected chi connectivity index (χ0v) is 8.96. The summed E-state index contributed by atoms with van der Waals surface area (Å²) in [5.41, 5.74) is 5.57. The van der Waals surface area contributed by atoms with Crippen LogP contribution in [0.5, 0.6) is 0 Å². The molecule has 1 rings (SSSR count). The van der Waals surface area contributed by atoms with Gasteiger partial charge in [0.2, 0.25) is 5.91 Å². The second-order valence-electron chi connectivity index (χ2n) is 3.90. The molecular weight excluding hydrogens is 225 g/mol. The minimum absolute atomic E-state index is 0.132. The summed E-state index contributed by atoms with van der Waals surface area (Å²) >= 11 is 0. The van der Waals surface area contributed by atoms with Gasteiger partial charge in [0.1, 0.15) is 6.42 Å². The van der Waals surface area contributed by atoms with Gasteiger partial charge in [-0.1, -0.05) is 0 Å². The van der Waals surface area contributed by atoms with Crippen molar-refractivity contribution in [3.05, 3.63) is 0 Å². The Labute approximate surface area is 91.5 Å². The van der Waals surface area contributed by atoms with Crippen LogP contribution in [-0.4, -0.2) is 48.8 Å². The van der Waals surface area contributed by atoms with Gasteiger partial charge in [0.05, 0.1) is 12.7 Å². The van der Waals surface area contributed by atoms with Gasteiger partial charge in [-0.25, -0.2) is 0 Å². The molecule has 0 spiro atoms. The molecule has 1 amide bonds. The zero-order valence-electron chi connectivity index (χ0n) is 8.96. The minimum Gasteiger partial charge on any atom is -0.373 e. The molecule has 1 saturated heterocycles. The highest BCUT2D eigenvalue weighted by Crippen LogP contribution is 2.21. The van der Waals surface area contributed by atoms with Crippen LogP contribution in [0.2, 0.25) is 0 Å². The van der Waals surface area contributed by atoms with E-state index in [9.17, 15) is 18.0 Å².